The standard InChI is InChI=1S/C45H33B2N/c1-3-32-17-21-34(22-18-32)36-25-29-38(30-26-36)47-40-10-5-7-14-44(40)48-43-13-6-4-9-39(43)46(41-11-8-12-42(47)45(41)48)37-27-23-35(24-28-37)33-19-15-31(2)16-20-33/h3-30H,1H2,2H3. The lowest BCUT2D eigenvalue weighted by Gasteiger charge is -2.43. The molecule has 2 heterocycles. The molecule has 7 aromatic rings. The Bertz CT molecular complexity index is 2300. The zero-order chi connectivity index (χ0) is 32.2. The molecule has 0 fully saturated rings. The second-order valence-electron chi connectivity index (χ2n) is 13.0. The van der Waals surface area contributed by atoms with E-state index in [1.54, 1.807) is 0 Å². The van der Waals surface area contributed by atoms with E-state index in [-0.39, 0.29) is 13.4 Å². The quantitative estimate of drug-likeness (QED) is 0.188. The summed E-state index contributed by atoms with van der Waals surface area (Å²) >= 11 is 0. The van der Waals surface area contributed by atoms with Gasteiger partial charge in [0.25, 0.3) is 0 Å². The van der Waals surface area contributed by atoms with E-state index in [2.05, 4.69) is 182 Å². The lowest BCUT2D eigenvalue weighted by Crippen LogP contribution is -2.64. The first-order valence-corrected chi connectivity index (χ1v) is 16.8. The molecule has 0 radical (unpaired) electrons. The SMILES string of the molecule is C=Cc1ccc(-c2ccc(B3c4ccccc4N4c5ccccc5B(c5ccc(-c6ccc(C)cc6)cc5)c5cccc3c54)cc2)cc1. The number of nitrogens with zero attached hydrogens (tertiary/aromatic N) is 1. The van der Waals surface area contributed by atoms with Crippen molar-refractivity contribution in [2.75, 3.05) is 4.90 Å². The summed E-state index contributed by atoms with van der Waals surface area (Å²) in [6.45, 7) is 6.30. The Morgan fingerprint density at radius 3 is 1.29 bits per heavy atom. The summed E-state index contributed by atoms with van der Waals surface area (Å²) in [5, 5.41) is 0. The van der Waals surface area contributed by atoms with Gasteiger partial charge in [-0.25, -0.2) is 0 Å². The van der Waals surface area contributed by atoms with Gasteiger partial charge >= 0.3 is 0 Å². The summed E-state index contributed by atoms with van der Waals surface area (Å²) < 4.78 is 0. The van der Waals surface area contributed by atoms with Gasteiger partial charge in [0.1, 0.15) is 0 Å². The van der Waals surface area contributed by atoms with Crippen LogP contribution in [0.1, 0.15) is 11.1 Å². The van der Waals surface area contributed by atoms with E-state index < -0.39 is 0 Å². The fourth-order valence-corrected chi connectivity index (χ4v) is 7.89. The van der Waals surface area contributed by atoms with Crippen molar-refractivity contribution in [2.45, 2.75) is 6.92 Å². The van der Waals surface area contributed by atoms with E-state index in [4.69, 9.17) is 0 Å². The summed E-state index contributed by atoms with van der Waals surface area (Å²) in [5.41, 5.74) is 19.2. The van der Waals surface area contributed by atoms with Crippen molar-refractivity contribution < 1.29 is 0 Å². The van der Waals surface area contributed by atoms with E-state index in [1.807, 2.05) is 6.08 Å². The topological polar surface area (TPSA) is 3.24 Å². The van der Waals surface area contributed by atoms with Gasteiger partial charge in [-0.05, 0) is 68.7 Å². The third-order valence-electron chi connectivity index (χ3n) is 10.3. The summed E-state index contributed by atoms with van der Waals surface area (Å²) in [6, 6.07) is 60.8. The van der Waals surface area contributed by atoms with Crippen LogP contribution in [0.5, 0.6) is 0 Å². The molecule has 224 valence electrons. The highest BCUT2D eigenvalue weighted by Crippen LogP contribution is 2.37. The van der Waals surface area contributed by atoms with Crippen molar-refractivity contribution in [2.24, 2.45) is 0 Å². The molecule has 2 aliphatic heterocycles. The molecular formula is C45H33B2N. The Morgan fingerprint density at radius 1 is 0.438 bits per heavy atom. The van der Waals surface area contributed by atoms with Gasteiger partial charge in [-0.15, -0.1) is 0 Å². The highest BCUT2D eigenvalue weighted by atomic mass is 15.2. The predicted octanol–water partition coefficient (Wildman–Crippen LogP) is 7.10. The minimum atomic E-state index is 0.124. The largest absolute Gasteiger partial charge is 0.313 e. The third kappa shape index (κ3) is 4.58. The van der Waals surface area contributed by atoms with Crippen LogP contribution in [0.25, 0.3) is 28.3 Å². The Hall–Kier alpha value is -5.79. The van der Waals surface area contributed by atoms with Crippen molar-refractivity contribution in [3.05, 3.63) is 181 Å². The number of rotatable bonds is 5. The fraction of sp³-hybridized carbons (Fsp3) is 0.0222. The molecule has 0 unspecified atom stereocenters. The normalized spacial score (nSPS) is 12.6. The molecule has 0 aromatic heterocycles. The number of para-hydroxylation sites is 3. The van der Waals surface area contributed by atoms with Crippen LogP contribution in [0.2, 0.25) is 0 Å². The summed E-state index contributed by atoms with van der Waals surface area (Å²) in [6.07, 6.45) is 1.89. The smallest absolute Gasteiger partial charge is 0.246 e. The van der Waals surface area contributed by atoms with Crippen LogP contribution in [0.3, 0.4) is 0 Å². The first-order chi connectivity index (χ1) is 23.7. The van der Waals surface area contributed by atoms with E-state index in [9.17, 15) is 0 Å². The van der Waals surface area contributed by atoms with Gasteiger partial charge in [-0.1, -0.05) is 181 Å². The second kappa shape index (κ2) is 11.5. The van der Waals surface area contributed by atoms with E-state index in [0.29, 0.717) is 0 Å². The van der Waals surface area contributed by atoms with Crippen molar-refractivity contribution in [3.63, 3.8) is 0 Å². The molecule has 0 bridgehead atoms. The maximum Gasteiger partial charge on any atom is 0.246 e. The van der Waals surface area contributed by atoms with Gasteiger partial charge in [0.15, 0.2) is 0 Å². The molecule has 0 spiro atoms. The van der Waals surface area contributed by atoms with Crippen LogP contribution < -0.4 is 37.7 Å². The van der Waals surface area contributed by atoms with Crippen LogP contribution in [0.4, 0.5) is 17.1 Å². The van der Waals surface area contributed by atoms with E-state index in [1.165, 1.54) is 77.7 Å². The third-order valence-corrected chi connectivity index (χ3v) is 10.3. The molecule has 0 N–H and O–H groups in total. The zero-order valence-corrected chi connectivity index (χ0v) is 27.0. The maximum absolute atomic E-state index is 3.90. The molecule has 0 saturated heterocycles. The molecule has 9 rings (SSSR count). The summed E-state index contributed by atoms with van der Waals surface area (Å²) in [4.78, 5) is 2.53. The minimum absolute atomic E-state index is 0.124. The summed E-state index contributed by atoms with van der Waals surface area (Å²) in [7, 11) is 0. The average Bonchev–Trinajstić information content (AvgIpc) is 3.15. The number of hydrogen-bond donors (Lipinski definition) is 0. The molecule has 0 saturated carbocycles. The Kier molecular flexibility index (Phi) is 6.80. The van der Waals surface area contributed by atoms with Crippen molar-refractivity contribution >= 4 is 69.3 Å². The second-order valence-corrected chi connectivity index (χ2v) is 13.0. The van der Waals surface area contributed by atoms with Gasteiger partial charge < -0.3 is 4.90 Å². The monoisotopic (exact) mass is 609 g/mol. The molecule has 1 nitrogen and oxygen atoms in total. The summed E-state index contributed by atoms with van der Waals surface area (Å²) in [5.74, 6) is 0. The van der Waals surface area contributed by atoms with Crippen LogP contribution >= 0.6 is 0 Å². The first-order valence-electron chi connectivity index (χ1n) is 16.8. The number of fused-ring (bicyclic) bond motifs is 4. The van der Waals surface area contributed by atoms with Crippen LogP contribution in [-0.2, 0) is 0 Å². The van der Waals surface area contributed by atoms with Crippen molar-refractivity contribution in [1.82, 2.24) is 0 Å². The maximum atomic E-state index is 3.90. The molecule has 3 heteroatoms. The van der Waals surface area contributed by atoms with Gasteiger partial charge in [-0.3, -0.25) is 0 Å². The number of aryl methyl sites for hydroxylation is 1. The minimum Gasteiger partial charge on any atom is -0.313 e. The Balaban J connectivity index is 1.19. The molecule has 0 aliphatic carbocycles. The van der Waals surface area contributed by atoms with Gasteiger partial charge in [0, 0.05) is 17.1 Å². The number of benzene rings is 7. The highest BCUT2D eigenvalue weighted by Gasteiger charge is 2.42. The fourth-order valence-electron chi connectivity index (χ4n) is 7.89. The molecule has 7 aromatic carbocycles. The highest BCUT2D eigenvalue weighted by molar-refractivity contribution is 7.02. The van der Waals surface area contributed by atoms with Gasteiger partial charge in [0.05, 0.1) is 0 Å². The van der Waals surface area contributed by atoms with Gasteiger partial charge in [-0.2, -0.15) is 0 Å². The van der Waals surface area contributed by atoms with Gasteiger partial charge in [0.2, 0.25) is 13.4 Å². The van der Waals surface area contributed by atoms with Crippen LogP contribution in [-0.4, -0.2) is 13.4 Å². The predicted molar refractivity (Wildman–Crippen MR) is 209 cm³/mol. The van der Waals surface area contributed by atoms with E-state index >= 15 is 0 Å². The Labute approximate surface area is 284 Å². The Morgan fingerprint density at radius 2 is 0.833 bits per heavy atom. The lowest BCUT2D eigenvalue weighted by molar-refractivity contribution is 1.30. The van der Waals surface area contributed by atoms with E-state index in [0.717, 1.165) is 5.56 Å². The van der Waals surface area contributed by atoms with Crippen molar-refractivity contribution in [3.8, 4) is 22.3 Å². The zero-order valence-electron chi connectivity index (χ0n) is 27.0. The van der Waals surface area contributed by atoms with Crippen LogP contribution in [0.15, 0.2) is 170 Å². The molecular weight excluding hydrogens is 576 g/mol. The first kappa shape index (κ1) is 28.4. The number of anilines is 3. The molecule has 2 aliphatic rings. The average molecular weight is 609 g/mol. The van der Waals surface area contributed by atoms with Crippen molar-refractivity contribution in [1.29, 1.82) is 0 Å². The van der Waals surface area contributed by atoms with Crippen LogP contribution in [0, 0.1) is 6.92 Å². The lowest BCUT2D eigenvalue weighted by atomic mass is 9.30. The molecule has 0 amide bonds. The molecule has 48 heavy (non-hydrogen) atoms. The molecule has 0 atom stereocenters. The number of hydrogen-bond acceptors (Lipinski definition) is 1.